The van der Waals surface area contributed by atoms with Crippen molar-refractivity contribution in [2.45, 2.75) is 100 Å². The molecule has 22 nitrogen and oxygen atoms in total. The summed E-state index contributed by atoms with van der Waals surface area (Å²) < 4.78 is 63.8. The van der Waals surface area contributed by atoms with E-state index in [4.69, 9.17) is 59.2 Å². The van der Waals surface area contributed by atoms with Crippen LogP contribution in [0.5, 0.6) is 0 Å². The molecule has 0 radical (unpaired) electrons. The summed E-state index contributed by atoms with van der Waals surface area (Å²) in [4.78, 5) is 0. The van der Waals surface area contributed by atoms with E-state index in [1.165, 1.54) is 43.3 Å². The van der Waals surface area contributed by atoms with E-state index in [0.717, 1.165) is 108 Å². The molecule has 18 rings (SSSR count). The molecular weight excluding hydrogens is 1220 g/mol. The van der Waals surface area contributed by atoms with Crippen LogP contribution in [0.2, 0.25) is 0 Å². The average Bonchev–Trinajstić information content (AvgIpc) is 0.925. The molecular formula is C68H95N6O16PS. The van der Waals surface area contributed by atoms with E-state index < -0.39 is 18.7 Å². The van der Waals surface area contributed by atoms with Crippen molar-refractivity contribution < 1.29 is 92.6 Å². The van der Waals surface area contributed by atoms with E-state index in [-0.39, 0.29) is 146 Å². The maximum absolute atomic E-state index is 12.6. The lowest BCUT2D eigenvalue weighted by Gasteiger charge is -2.62. The minimum Gasteiger partial charge on any atom is -0.870 e. The van der Waals surface area contributed by atoms with Crippen LogP contribution in [0.4, 0.5) is 0 Å². The lowest BCUT2D eigenvalue weighted by molar-refractivity contribution is -0.951. The van der Waals surface area contributed by atoms with E-state index >= 15 is 0 Å². The maximum Gasteiger partial charge on any atom is 0.231 e. The lowest BCUT2D eigenvalue weighted by atomic mass is 9.53. The molecule has 27 atom stereocenters. The first kappa shape index (κ1) is 63.9. The quantitative estimate of drug-likeness (QED) is 0.108. The molecule has 5 saturated carbocycles. The molecule has 18 unspecified atom stereocenters. The number of fused-ring (bicyclic) bond motifs is 21. The Labute approximate surface area is 544 Å². The van der Waals surface area contributed by atoms with Gasteiger partial charge >= 0.3 is 0 Å². The van der Waals surface area contributed by atoms with Gasteiger partial charge in [0.1, 0.15) is 44.1 Å². The van der Waals surface area contributed by atoms with Crippen LogP contribution in [0.1, 0.15) is 51.4 Å². The lowest BCUT2D eigenvalue weighted by Crippen LogP contribution is -2.72. The van der Waals surface area contributed by atoms with Crippen LogP contribution in [0.25, 0.3) is 0 Å². The van der Waals surface area contributed by atoms with Crippen molar-refractivity contribution in [1.29, 1.82) is 0 Å². The zero-order valence-corrected chi connectivity index (χ0v) is 54.8. The molecule has 24 heteroatoms. The molecule has 18 aliphatic rings. The Kier molecular flexibility index (Phi) is 16.6. The van der Waals surface area contributed by atoms with Crippen LogP contribution in [-0.4, -0.2) is 208 Å². The number of hydrogen-bond acceptors (Lipinski definition) is 17. The Hall–Kier alpha value is -4.11. The summed E-state index contributed by atoms with van der Waals surface area (Å²) in [6.07, 6.45) is 29.3. The fourth-order valence-corrected chi connectivity index (χ4v) is 25.4. The largest absolute Gasteiger partial charge is 0.870 e. The predicted molar refractivity (Wildman–Crippen MR) is 334 cm³/mol. The predicted octanol–water partition coefficient (Wildman–Crippen LogP) is 5.20. The van der Waals surface area contributed by atoms with Gasteiger partial charge < -0.3 is 92.6 Å². The Morgan fingerprint density at radius 2 is 1.04 bits per heavy atom. The first-order chi connectivity index (χ1) is 43.2. The van der Waals surface area contributed by atoms with Crippen molar-refractivity contribution in [2.24, 2.45) is 88.8 Å². The third-order valence-corrected chi connectivity index (χ3v) is 29.7. The number of allylic oxidation sites excluding steroid dienone is 7. The van der Waals surface area contributed by atoms with Gasteiger partial charge in [-0.3, -0.25) is 15.3 Å². The summed E-state index contributed by atoms with van der Waals surface area (Å²) in [7, 11) is 7.30. The standard InChI is InChI=1S/C68H92N6O13PS.3H2O/c1-72(28-47-41(7-10-53-66(47)85-33-78-53)60-50(75)21-38-19-36-5-4-6-37(36)20-44(38)63(60)72)16-13-69-88(89,70-14-17-73(2)29-48-42(8-11-54-67(48)86-34-79-54)61-51(76)22-39-24-56-58(83-31-81-56)26-45(39)64(61)73)71-15-18-74(3)30-49-43(9-12-55-68(49)87-35-80-55)62-52(77)23-40-25-57-59(84-32-82-57)27-46(40)65(62)74;;;/h7-12,24-27,36-42,44-48,50-52,55,60-65,68,75-77H,4-6,13-23,28-35H2,1-3H3,(H3,69,70,71,89);3*1H2/q+3;;;/p-3/t36?,37?,38?,39?,40?,41?,42?,44?,45?,46?,47?,48?,50-,51-,52-,55?,60-,61-,62-,63+,64+,65+,68?,72?,73?,74?,88?;;;/m0.../s1. The number of nitrogens with one attached hydrogen (secondary N) is 3. The highest BCUT2D eigenvalue weighted by Crippen LogP contribution is 2.61. The van der Waals surface area contributed by atoms with E-state index in [0.29, 0.717) is 59.3 Å². The number of hydrogen-bond donors (Lipinski definition) is 6. The molecule has 0 bridgehead atoms. The van der Waals surface area contributed by atoms with Crippen LogP contribution in [0.3, 0.4) is 0 Å². The molecule has 10 fully saturated rings. The fourth-order valence-electron chi connectivity index (χ4n) is 23.0. The second-order valence-electron chi connectivity index (χ2n) is 30.8. The Morgan fingerprint density at radius 1 is 0.522 bits per heavy atom. The van der Waals surface area contributed by atoms with Crippen molar-refractivity contribution in [2.75, 3.05) is 114 Å². The smallest absolute Gasteiger partial charge is 0.231 e. The SMILES string of the molecule is C[N+]1(CCNP(=S)(NCC[N+]2(C)CC3C4=C(C=CC3[C@@H]3[C@H]2C2C=C5OCOC5=CC2C[C@@H]3O)OCO4)NCC[N+]2(C)CC3C4=C(C=CC3[C@@H]3[C@H]2C2CC5CCCC5CC2C[C@@H]3O)OCO4)CC2=C(C=CC3OCOC23)[C@@H]2[C@H]1C1C=C3OCOC3=CC1C[C@@H]2O.[OH-].[OH-].[OH-]. The number of quaternary nitrogens is 3. The number of aliphatic hydroxyl groups is 3. The fraction of sp³-hybridized carbons (Fsp3) is 0.706. The molecule has 5 saturated heterocycles. The molecule has 0 spiro atoms. The minimum absolute atomic E-state index is 0. The highest BCUT2D eigenvalue weighted by atomic mass is 32.4. The van der Waals surface area contributed by atoms with Crippen LogP contribution in [0.15, 0.2) is 118 Å². The first-order valence-corrected chi connectivity index (χ1v) is 36.8. The zero-order valence-electron chi connectivity index (χ0n) is 53.1. The monoisotopic (exact) mass is 1310 g/mol. The number of likely N-dealkylation sites (tertiary alicyclic amines) is 2. The second kappa shape index (κ2) is 23.9. The summed E-state index contributed by atoms with van der Waals surface area (Å²) in [6.45, 7) is 5.03. The zero-order chi connectivity index (χ0) is 59.9. The summed E-state index contributed by atoms with van der Waals surface area (Å²) in [6, 6.07) is 0.401. The van der Waals surface area contributed by atoms with Gasteiger partial charge in [0.15, 0.2) is 46.1 Å². The average molecular weight is 1320 g/mol. The topological polar surface area (TPSA) is 279 Å². The number of likely N-dealkylation sites (N-methyl/N-ethyl adjacent to an activating group) is 3. The molecule has 10 aliphatic carbocycles. The third kappa shape index (κ3) is 10.1. The number of rotatable bonds is 12. The van der Waals surface area contributed by atoms with Gasteiger partial charge in [-0.25, -0.2) is 0 Å². The van der Waals surface area contributed by atoms with Crippen LogP contribution in [-0.2, 0) is 59.2 Å². The van der Waals surface area contributed by atoms with Gasteiger partial charge in [-0.1, -0.05) is 43.6 Å². The third-order valence-electron chi connectivity index (χ3n) is 26.5. The minimum atomic E-state index is -2.84. The molecule has 0 amide bonds. The molecule has 9 N–H and O–H groups in total. The van der Waals surface area contributed by atoms with Gasteiger partial charge in [0.05, 0.1) is 116 Å². The summed E-state index contributed by atoms with van der Waals surface area (Å²) in [5.74, 6) is 10.3. The second-order valence-corrected chi connectivity index (χ2v) is 34.6. The molecule has 0 aromatic heterocycles. The van der Waals surface area contributed by atoms with Gasteiger partial charge in [-0.05, 0) is 116 Å². The number of aliphatic hydroxyl groups excluding tert-OH is 3. The summed E-state index contributed by atoms with van der Waals surface area (Å²) in [5, 5.41) is 50.1. The van der Waals surface area contributed by atoms with E-state index in [1.54, 1.807) is 0 Å². The summed E-state index contributed by atoms with van der Waals surface area (Å²) >= 11 is 7.19. The van der Waals surface area contributed by atoms with Crippen molar-refractivity contribution in [3.63, 3.8) is 0 Å². The molecule has 8 heterocycles. The number of nitrogens with zero attached hydrogens (tertiary/aromatic N) is 3. The van der Waals surface area contributed by atoms with Crippen molar-refractivity contribution in [3.05, 3.63) is 118 Å². The van der Waals surface area contributed by atoms with Gasteiger partial charge in [0.2, 0.25) is 27.2 Å². The normalized spacial score (nSPS) is 47.4. The Balaban J connectivity index is 0.00000234. The Morgan fingerprint density at radius 3 is 1.66 bits per heavy atom. The molecule has 92 heavy (non-hydrogen) atoms. The molecule has 504 valence electrons. The molecule has 0 aromatic rings. The van der Waals surface area contributed by atoms with E-state index in [1.807, 2.05) is 0 Å². The van der Waals surface area contributed by atoms with Gasteiger partial charge in [0, 0.05) is 47.0 Å². The van der Waals surface area contributed by atoms with Gasteiger partial charge in [-0.15, -0.1) is 0 Å². The molecule has 0 aromatic carbocycles. The molecule has 8 aliphatic heterocycles. The van der Waals surface area contributed by atoms with Crippen LogP contribution >= 0.6 is 6.49 Å². The van der Waals surface area contributed by atoms with E-state index in [2.05, 4.69) is 97.2 Å². The van der Waals surface area contributed by atoms with Gasteiger partial charge in [0.25, 0.3) is 0 Å². The van der Waals surface area contributed by atoms with Gasteiger partial charge in [-0.2, -0.15) is 0 Å². The summed E-state index contributed by atoms with van der Waals surface area (Å²) in [5.41, 5.74) is 2.44. The van der Waals surface area contributed by atoms with E-state index in [9.17, 15) is 15.3 Å². The first-order valence-electron chi connectivity index (χ1n) is 34.0. The number of ether oxygens (including phenoxy) is 10. The maximum atomic E-state index is 12.6. The number of piperidine rings is 2. The van der Waals surface area contributed by atoms with Crippen molar-refractivity contribution >= 4 is 18.3 Å². The Bertz CT molecular complexity index is 3320. The van der Waals surface area contributed by atoms with Crippen LogP contribution < -0.4 is 15.3 Å². The van der Waals surface area contributed by atoms with Crippen LogP contribution in [0, 0.1) is 88.8 Å². The van der Waals surface area contributed by atoms with Crippen molar-refractivity contribution in [3.8, 4) is 0 Å². The highest BCUT2D eigenvalue weighted by molar-refractivity contribution is 8.11. The van der Waals surface area contributed by atoms with Crippen molar-refractivity contribution in [1.82, 2.24) is 15.3 Å². The highest BCUT2D eigenvalue weighted by Gasteiger charge is 2.66.